The molecular weight excluding hydrogens is 787 g/mol. The van der Waals surface area contributed by atoms with E-state index in [0.29, 0.717) is 65.8 Å². The number of hydrogen-bond donors (Lipinski definition) is 2. The number of aromatic nitrogens is 4. The monoisotopic (exact) mass is 837 g/mol. The van der Waals surface area contributed by atoms with Gasteiger partial charge in [-0.05, 0) is 98.2 Å². The van der Waals surface area contributed by atoms with Gasteiger partial charge in [0.1, 0.15) is 35.4 Å². The van der Waals surface area contributed by atoms with E-state index in [4.69, 9.17) is 15.6 Å². The van der Waals surface area contributed by atoms with Crippen LogP contribution < -0.4 is 20.7 Å². The molecule has 5 aliphatic heterocycles. The molecule has 16 heteroatoms. The highest BCUT2D eigenvalue weighted by atomic mass is 16.5. The molecule has 2 atom stereocenters. The minimum Gasteiger partial charge on any atom is -0.457 e. The van der Waals surface area contributed by atoms with Gasteiger partial charge in [-0.2, -0.15) is 5.10 Å². The first-order chi connectivity index (χ1) is 30.3. The van der Waals surface area contributed by atoms with E-state index in [0.717, 1.165) is 94.1 Å². The lowest BCUT2D eigenvalue weighted by Crippen LogP contribution is -2.52. The van der Waals surface area contributed by atoms with Gasteiger partial charge in [0, 0.05) is 88.7 Å². The molecule has 5 aromatic rings. The summed E-state index contributed by atoms with van der Waals surface area (Å²) < 4.78 is 7.96. The van der Waals surface area contributed by atoms with Gasteiger partial charge in [-0.15, -0.1) is 0 Å². The number of likely N-dealkylation sites (tertiary alicyclic amines) is 2. The number of urea groups is 1. The second-order valence-corrected chi connectivity index (χ2v) is 17.2. The molecule has 5 amide bonds. The molecule has 16 nitrogen and oxygen atoms in total. The Bertz CT molecular complexity index is 2500. The molecule has 2 unspecified atom stereocenters. The first kappa shape index (κ1) is 39.6. The van der Waals surface area contributed by atoms with Crippen LogP contribution in [-0.2, 0) is 16.1 Å². The number of piperazine rings is 1. The van der Waals surface area contributed by atoms with Crippen molar-refractivity contribution in [3.63, 3.8) is 0 Å². The molecule has 10 rings (SSSR count). The standard InChI is InChI=1S/C46H51N11O5/c47-42-40-41(31-8-11-36(12-9-31)62-35-6-2-1-3-7-35)51-57(43(40)49-29-48-42)34-5-4-18-55(28-34)46(61)54-19-16-30(17-20-54)26-52-21-23-53(24-22-52)33-10-13-37-32(25-33)27-56(45(37)60)38-14-15-39(58)50-44(38)59/h1-3,6-13,25,29-30,34,38H,4-5,14-24,26-28H2,(H2,47,48,49)(H,50,58,59). The van der Waals surface area contributed by atoms with Crippen molar-refractivity contribution in [1.29, 1.82) is 0 Å². The molecule has 4 fully saturated rings. The molecule has 0 aliphatic carbocycles. The average Bonchev–Trinajstić information content (AvgIpc) is 3.85. The highest BCUT2D eigenvalue weighted by molar-refractivity contribution is 6.05. The predicted octanol–water partition coefficient (Wildman–Crippen LogP) is 4.92. The largest absolute Gasteiger partial charge is 0.457 e. The smallest absolute Gasteiger partial charge is 0.320 e. The van der Waals surface area contributed by atoms with E-state index >= 15 is 0 Å². The zero-order valence-corrected chi connectivity index (χ0v) is 34.7. The molecule has 0 radical (unpaired) electrons. The Morgan fingerprint density at radius 2 is 1.60 bits per heavy atom. The number of hydrogen-bond acceptors (Lipinski definition) is 11. The number of para-hydroxylation sites is 1. The third-order valence-corrected chi connectivity index (χ3v) is 13.3. The van der Waals surface area contributed by atoms with Crippen molar-refractivity contribution >= 4 is 46.3 Å². The Kier molecular flexibility index (Phi) is 10.7. The summed E-state index contributed by atoms with van der Waals surface area (Å²) in [4.78, 5) is 70.8. The van der Waals surface area contributed by atoms with E-state index in [2.05, 4.69) is 31.2 Å². The number of nitrogens with zero attached hydrogens (tertiary/aromatic N) is 9. The van der Waals surface area contributed by atoms with Gasteiger partial charge in [-0.1, -0.05) is 18.2 Å². The van der Waals surface area contributed by atoms with Crippen LogP contribution in [0.25, 0.3) is 22.3 Å². The number of carbonyl (C=O) groups is 4. The van der Waals surface area contributed by atoms with Gasteiger partial charge in [-0.3, -0.25) is 24.6 Å². The van der Waals surface area contributed by atoms with Crippen LogP contribution in [0.2, 0.25) is 0 Å². The number of anilines is 2. The normalized spacial score (nSPS) is 21.4. The first-order valence-corrected chi connectivity index (χ1v) is 21.9. The molecular formula is C46H51N11O5. The number of imide groups is 1. The van der Waals surface area contributed by atoms with E-state index in [1.165, 1.54) is 6.33 Å². The quantitative estimate of drug-likeness (QED) is 0.203. The molecule has 7 heterocycles. The highest BCUT2D eigenvalue weighted by Crippen LogP contribution is 2.36. The summed E-state index contributed by atoms with van der Waals surface area (Å²) in [6, 6.07) is 22.9. The summed E-state index contributed by atoms with van der Waals surface area (Å²) in [5, 5.41) is 8.17. The summed E-state index contributed by atoms with van der Waals surface area (Å²) in [7, 11) is 0. The van der Waals surface area contributed by atoms with E-state index in [1.54, 1.807) is 4.90 Å². The summed E-state index contributed by atoms with van der Waals surface area (Å²) in [5.74, 6) is 1.56. The maximum absolute atomic E-state index is 14.0. The third kappa shape index (κ3) is 7.78. The summed E-state index contributed by atoms with van der Waals surface area (Å²) in [5.41, 5.74) is 11.4. The third-order valence-electron chi connectivity index (χ3n) is 13.3. The fraction of sp³-hybridized carbons (Fsp3) is 0.413. The van der Waals surface area contributed by atoms with Gasteiger partial charge < -0.3 is 30.1 Å². The van der Waals surface area contributed by atoms with E-state index in [1.807, 2.05) is 81.2 Å². The van der Waals surface area contributed by atoms with Crippen LogP contribution in [0.4, 0.5) is 16.3 Å². The summed E-state index contributed by atoms with van der Waals surface area (Å²) >= 11 is 0. The number of nitrogens with one attached hydrogen (secondary N) is 1. The molecule has 0 saturated carbocycles. The lowest BCUT2D eigenvalue weighted by Gasteiger charge is -2.41. The summed E-state index contributed by atoms with van der Waals surface area (Å²) in [6.07, 6.45) is 5.77. The van der Waals surface area contributed by atoms with Crippen LogP contribution in [0.1, 0.15) is 60.5 Å². The number of rotatable bonds is 8. The van der Waals surface area contributed by atoms with Crippen LogP contribution in [0, 0.1) is 5.92 Å². The number of carbonyl (C=O) groups excluding carboxylic acids is 4. The number of nitrogens with two attached hydrogens (primary N) is 1. The van der Waals surface area contributed by atoms with E-state index in [9.17, 15) is 19.2 Å². The topological polar surface area (TPSA) is 175 Å². The number of nitrogen functional groups attached to an aromatic ring is 1. The van der Waals surface area contributed by atoms with Crippen molar-refractivity contribution in [2.45, 2.75) is 57.2 Å². The predicted molar refractivity (Wildman–Crippen MR) is 232 cm³/mol. The van der Waals surface area contributed by atoms with Crippen molar-refractivity contribution in [3.05, 3.63) is 90.3 Å². The van der Waals surface area contributed by atoms with Crippen LogP contribution in [0.15, 0.2) is 79.1 Å². The van der Waals surface area contributed by atoms with Gasteiger partial charge in [0.2, 0.25) is 11.8 Å². The van der Waals surface area contributed by atoms with Crippen molar-refractivity contribution < 1.29 is 23.9 Å². The van der Waals surface area contributed by atoms with Crippen molar-refractivity contribution in [3.8, 4) is 22.8 Å². The number of amides is 5. The molecule has 62 heavy (non-hydrogen) atoms. The Labute approximate surface area is 359 Å². The minimum absolute atomic E-state index is 0.0537. The van der Waals surface area contributed by atoms with Crippen LogP contribution in [-0.4, -0.2) is 128 Å². The lowest BCUT2D eigenvalue weighted by atomic mass is 9.96. The zero-order valence-electron chi connectivity index (χ0n) is 34.7. The Balaban J connectivity index is 0.719. The molecule has 0 bridgehead atoms. The Morgan fingerprint density at radius 3 is 2.37 bits per heavy atom. The summed E-state index contributed by atoms with van der Waals surface area (Å²) in [6.45, 7) is 7.82. The molecule has 320 valence electrons. The Hall–Kier alpha value is -6.55. The van der Waals surface area contributed by atoms with Crippen molar-refractivity contribution in [2.24, 2.45) is 5.92 Å². The average molecular weight is 838 g/mol. The SMILES string of the molecule is Nc1ncnc2c1c(-c1ccc(Oc3ccccc3)cc1)nn2C1CCCN(C(=O)N2CCC(CN3CCN(c4ccc5c(c4)CN(C4CCC(=O)NC4=O)C5=O)CC3)CC2)C1. The minimum atomic E-state index is -0.612. The van der Waals surface area contributed by atoms with Gasteiger partial charge in [0.25, 0.3) is 5.91 Å². The van der Waals surface area contributed by atoms with Crippen molar-refractivity contribution in [1.82, 2.24) is 44.7 Å². The molecule has 3 aromatic carbocycles. The van der Waals surface area contributed by atoms with Gasteiger partial charge in [0.05, 0.1) is 11.4 Å². The second-order valence-electron chi connectivity index (χ2n) is 17.2. The number of fused-ring (bicyclic) bond motifs is 2. The van der Waals surface area contributed by atoms with Gasteiger partial charge in [0.15, 0.2) is 5.65 Å². The number of ether oxygens (including phenoxy) is 1. The number of piperidine rings is 3. The van der Waals surface area contributed by atoms with E-state index < -0.39 is 11.9 Å². The van der Waals surface area contributed by atoms with Gasteiger partial charge in [-0.25, -0.2) is 19.4 Å². The van der Waals surface area contributed by atoms with Crippen LogP contribution in [0.3, 0.4) is 0 Å². The molecule has 3 N–H and O–H groups in total. The molecule has 5 aliphatic rings. The lowest BCUT2D eigenvalue weighted by molar-refractivity contribution is -0.136. The second kappa shape index (κ2) is 16.7. The van der Waals surface area contributed by atoms with E-state index in [-0.39, 0.29) is 30.3 Å². The van der Waals surface area contributed by atoms with Gasteiger partial charge >= 0.3 is 6.03 Å². The van der Waals surface area contributed by atoms with Crippen molar-refractivity contribution in [2.75, 3.05) is 69.5 Å². The van der Waals surface area contributed by atoms with Crippen LogP contribution in [0.5, 0.6) is 11.5 Å². The molecule has 4 saturated heterocycles. The zero-order chi connectivity index (χ0) is 42.3. The number of benzene rings is 3. The first-order valence-electron chi connectivity index (χ1n) is 21.9. The fourth-order valence-corrected chi connectivity index (χ4v) is 9.90. The van der Waals surface area contributed by atoms with Crippen LogP contribution >= 0.6 is 0 Å². The molecule has 2 aromatic heterocycles. The maximum atomic E-state index is 14.0. The Morgan fingerprint density at radius 1 is 0.823 bits per heavy atom. The fourth-order valence-electron chi connectivity index (χ4n) is 9.90. The maximum Gasteiger partial charge on any atom is 0.320 e. The highest BCUT2D eigenvalue weighted by Gasteiger charge is 2.39. The molecule has 0 spiro atoms.